The number of hydrogen-bond donors (Lipinski definition) is 0. The van der Waals surface area contributed by atoms with Gasteiger partial charge in [-0.3, -0.25) is 0 Å². The average Bonchev–Trinajstić information content (AvgIpc) is 3.76. The van der Waals surface area contributed by atoms with Gasteiger partial charge in [-0.15, -0.1) is 21.4 Å². The molecular weight excluding hydrogens is 799 g/mol. The second-order valence-corrected chi connectivity index (χ2v) is 19.9. The van der Waals surface area contributed by atoms with Crippen LogP contribution in [-0.2, 0) is 0 Å². The zero-order valence-corrected chi connectivity index (χ0v) is 36.2. The van der Waals surface area contributed by atoms with Crippen molar-refractivity contribution in [3.05, 3.63) is 261 Å². The van der Waals surface area contributed by atoms with Crippen molar-refractivity contribution < 1.29 is 0 Å². The van der Waals surface area contributed by atoms with Crippen LogP contribution in [0.15, 0.2) is 280 Å². The van der Waals surface area contributed by atoms with Crippen molar-refractivity contribution in [2.75, 3.05) is 4.90 Å². The lowest BCUT2D eigenvalue weighted by Gasteiger charge is -2.42. The standard InChI is InChI=1S/C60H43NS2/c1-6-19-44(20-7-1)45-35-39-49(40-36-45)61(56-32-18-34-58-60(56)59-55(31-17-33-57(59)62-58)47-21-8-2-9-22-47)50-41-37-46(38-42-50)48-23-16-30-54(43-48)63(51-24-10-3-11-25-51,52-26-12-4-13-27-52)53-28-14-5-15-29-53/h1-43H. The average molecular weight is 842 g/mol. The molecule has 63 heavy (non-hydrogen) atoms. The molecule has 0 fully saturated rings. The lowest BCUT2D eigenvalue weighted by molar-refractivity contribution is 1.24. The number of rotatable bonds is 10. The molecule has 0 aliphatic rings. The normalized spacial score (nSPS) is 11.7. The largest absolute Gasteiger partial charge is 0.310 e. The highest BCUT2D eigenvalue weighted by Gasteiger charge is 2.33. The molecule has 3 heteroatoms. The van der Waals surface area contributed by atoms with Gasteiger partial charge >= 0.3 is 0 Å². The minimum atomic E-state index is -1.82. The maximum Gasteiger partial charge on any atom is 0.0555 e. The number of fused-ring (bicyclic) bond motifs is 3. The Morgan fingerprint density at radius 1 is 0.286 bits per heavy atom. The van der Waals surface area contributed by atoms with Crippen LogP contribution in [-0.4, -0.2) is 0 Å². The molecule has 0 saturated carbocycles. The van der Waals surface area contributed by atoms with E-state index in [1.165, 1.54) is 73.1 Å². The molecule has 10 aromatic carbocycles. The predicted molar refractivity (Wildman–Crippen MR) is 270 cm³/mol. The molecule has 11 aromatic rings. The summed E-state index contributed by atoms with van der Waals surface area (Å²) in [4.78, 5) is 7.69. The molecule has 0 amide bonds. The van der Waals surface area contributed by atoms with E-state index in [0.717, 1.165) is 17.1 Å². The first kappa shape index (κ1) is 38.5. The summed E-state index contributed by atoms with van der Waals surface area (Å²) in [6.07, 6.45) is 0. The molecule has 300 valence electrons. The van der Waals surface area contributed by atoms with Gasteiger partial charge in [-0.25, -0.2) is 0 Å². The number of benzene rings is 10. The minimum Gasteiger partial charge on any atom is -0.310 e. The number of anilines is 3. The number of thiophene rings is 1. The van der Waals surface area contributed by atoms with Gasteiger partial charge in [0.2, 0.25) is 0 Å². The Kier molecular flexibility index (Phi) is 10.3. The molecule has 0 aliphatic carbocycles. The maximum atomic E-state index is 2.45. The lowest BCUT2D eigenvalue weighted by Crippen LogP contribution is -2.10. The van der Waals surface area contributed by atoms with Crippen molar-refractivity contribution >= 4 is 58.6 Å². The number of hydrogen-bond acceptors (Lipinski definition) is 2. The van der Waals surface area contributed by atoms with Gasteiger partial charge < -0.3 is 4.90 Å². The second-order valence-electron chi connectivity index (χ2n) is 15.7. The van der Waals surface area contributed by atoms with Crippen LogP contribution in [0, 0.1) is 0 Å². The van der Waals surface area contributed by atoms with Gasteiger partial charge in [0, 0.05) is 51.1 Å². The molecule has 0 spiro atoms. The van der Waals surface area contributed by atoms with E-state index in [0.29, 0.717) is 0 Å². The van der Waals surface area contributed by atoms with Crippen LogP contribution in [0.1, 0.15) is 0 Å². The Morgan fingerprint density at radius 2 is 0.683 bits per heavy atom. The highest BCUT2D eigenvalue weighted by Crippen LogP contribution is 2.73. The molecule has 0 bridgehead atoms. The van der Waals surface area contributed by atoms with Gasteiger partial charge in [-0.1, -0.05) is 170 Å². The summed E-state index contributed by atoms with van der Waals surface area (Å²) in [6.45, 7) is 0. The summed E-state index contributed by atoms with van der Waals surface area (Å²) in [6, 6.07) is 95.6. The van der Waals surface area contributed by atoms with Gasteiger partial charge in [-0.2, -0.15) is 0 Å². The smallest absolute Gasteiger partial charge is 0.0555 e. The summed E-state index contributed by atoms with van der Waals surface area (Å²) in [5, 5.41) is 2.56. The van der Waals surface area contributed by atoms with E-state index in [2.05, 4.69) is 266 Å². The topological polar surface area (TPSA) is 3.24 Å². The molecule has 0 N–H and O–H groups in total. The highest BCUT2D eigenvalue weighted by atomic mass is 32.3. The van der Waals surface area contributed by atoms with Crippen LogP contribution >= 0.6 is 21.4 Å². The van der Waals surface area contributed by atoms with Gasteiger partial charge in [0.1, 0.15) is 0 Å². The highest BCUT2D eigenvalue weighted by molar-refractivity contribution is 8.34. The zero-order chi connectivity index (χ0) is 42.0. The first-order valence-corrected chi connectivity index (χ1v) is 23.9. The van der Waals surface area contributed by atoms with Gasteiger partial charge in [0.15, 0.2) is 0 Å². The van der Waals surface area contributed by atoms with Crippen molar-refractivity contribution in [3.8, 4) is 33.4 Å². The SMILES string of the molecule is c1ccc(-c2ccc(N(c3ccc(-c4cccc(S(c5ccccc5)(c5ccccc5)c5ccccc5)c4)cc3)c3cccc4sc5cccc(-c6ccccc6)c5c34)cc2)cc1. The predicted octanol–water partition coefficient (Wildman–Crippen LogP) is 17.9. The fraction of sp³-hybridized carbons (Fsp3) is 0. The third-order valence-corrected chi connectivity index (χ3v) is 17.0. The summed E-state index contributed by atoms with van der Waals surface area (Å²) < 4.78 is 2.56. The van der Waals surface area contributed by atoms with Gasteiger partial charge in [0.25, 0.3) is 0 Å². The van der Waals surface area contributed by atoms with Crippen molar-refractivity contribution in [3.63, 3.8) is 0 Å². The van der Waals surface area contributed by atoms with Crippen molar-refractivity contribution in [2.45, 2.75) is 19.6 Å². The van der Waals surface area contributed by atoms with Crippen molar-refractivity contribution in [1.82, 2.24) is 0 Å². The molecule has 0 saturated heterocycles. The fourth-order valence-electron chi connectivity index (χ4n) is 9.11. The van der Waals surface area contributed by atoms with Crippen molar-refractivity contribution in [1.29, 1.82) is 0 Å². The van der Waals surface area contributed by atoms with E-state index < -0.39 is 10.0 Å². The molecule has 0 unspecified atom stereocenters. The van der Waals surface area contributed by atoms with Crippen LogP contribution in [0.2, 0.25) is 0 Å². The first-order valence-electron chi connectivity index (χ1n) is 21.4. The van der Waals surface area contributed by atoms with E-state index in [1.807, 2.05) is 11.3 Å². The fourth-order valence-corrected chi connectivity index (χ4v) is 14.2. The Labute approximate surface area is 375 Å². The Hall–Kier alpha value is -7.43. The maximum absolute atomic E-state index is 2.45. The Bertz CT molecular complexity index is 3200. The van der Waals surface area contributed by atoms with E-state index in [-0.39, 0.29) is 0 Å². The quantitative estimate of drug-likeness (QED) is 0.133. The molecule has 0 radical (unpaired) electrons. The minimum absolute atomic E-state index is 1.10. The van der Waals surface area contributed by atoms with Crippen LogP contribution in [0.25, 0.3) is 53.6 Å². The van der Waals surface area contributed by atoms with Crippen molar-refractivity contribution in [2.24, 2.45) is 0 Å². The second kappa shape index (κ2) is 16.8. The molecule has 0 aliphatic heterocycles. The third-order valence-electron chi connectivity index (χ3n) is 12.0. The van der Waals surface area contributed by atoms with Crippen LogP contribution in [0.5, 0.6) is 0 Å². The summed E-state index contributed by atoms with van der Waals surface area (Å²) in [7, 11) is -1.82. The summed E-state index contributed by atoms with van der Waals surface area (Å²) in [5.74, 6) is 0. The van der Waals surface area contributed by atoms with Crippen LogP contribution < -0.4 is 4.90 Å². The Balaban J connectivity index is 1.07. The zero-order valence-electron chi connectivity index (χ0n) is 34.6. The monoisotopic (exact) mass is 841 g/mol. The van der Waals surface area contributed by atoms with E-state index in [9.17, 15) is 0 Å². The van der Waals surface area contributed by atoms with Crippen LogP contribution in [0.4, 0.5) is 17.1 Å². The lowest BCUT2D eigenvalue weighted by atomic mass is 9.98. The van der Waals surface area contributed by atoms with Crippen LogP contribution in [0.3, 0.4) is 0 Å². The van der Waals surface area contributed by atoms with Gasteiger partial charge in [0.05, 0.1) is 5.69 Å². The molecule has 0 atom stereocenters. The molecule has 1 nitrogen and oxygen atoms in total. The third kappa shape index (κ3) is 7.02. The summed E-state index contributed by atoms with van der Waals surface area (Å²) in [5.41, 5.74) is 10.6. The Morgan fingerprint density at radius 3 is 1.22 bits per heavy atom. The molecule has 1 heterocycles. The first-order chi connectivity index (χ1) is 31.3. The van der Waals surface area contributed by atoms with E-state index in [1.54, 1.807) is 0 Å². The van der Waals surface area contributed by atoms with E-state index >= 15 is 0 Å². The number of nitrogens with zero attached hydrogens (tertiary/aromatic N) is 1. The molecule has 1 aromatic heterocycles. The van der Waals surface area contributed by atoms with Gasteiger partial charge in [-0.05, 0) is 124 Å². The summed E-state index contributed by atoms with van der Waals surface area (Å²) >= 11 is 1.87. The van der Waals surface area contributed by atoms with E-state index in [4.69, 9.17) is 0 Å². The molecule has 11 rings (SSSR count). The molecular formula is C60H43NS2.